The number of aryl methyl sites for hydroxylation is 1. The number of benzene rings is 1. The lowest BCUT2D eigenvalue weighted by atomic mass is 9.93. The number of hydrogen-bond donors (Lipinski definition) is 1. The fraction of sp³-hybridized carbons (Fsp3) is 0.421. The lowest BCUT2D eigenvalue weighted by Gasteiger charge is -2.33. The van der Waals surface area contributed by atoms with Gasteiger partial charge in [-0.1, -0.05) is 18.2 Å². The smallest absolute Gasteiger partial charge is 0.278 e. The van der Waals surface area contributed by atoms with Crippen LogP contribution in [-0.4, -0.2) is 44.9 Å². The Hall–Kier alpha value is -2.47. The fourth-order valence-corrected chi connectivity index (χ4v) is 3.26. The van der Waals surface area contributed by atoms with Gasteiger partial charge in [0.05, 0.1) is 11.8 Å². The average Bonchev–Trinajstić information content (AvgIpc) is 2.62. The molecule has 0 radical (unpaired) electrons. The van der Waals surface area contributed by atoms with Gasteiger partial charge < -0.3 is 10.0 Å². The molecule has 1 saturated heterocycles. The molecular formula is C19H23N3O3. The number of carbonyl (C=O) groups excluding carboxylic acids is 1. The van der Waals surface area contributed by atoms with Crippen molar-refractivity contribution in [3.05, 3.63) is 58.0 Å². The van der Waals surface area contributed by atoms with Gasteiger partial charge in [0, 0.05) is 30.8 Å². The van der Waals surface area contributed by atoms with E-state index in [9.17, 15) is 14.7 Å². The van der Waals surface area contributed by atoms with Crippen LogP contribution in [0.1, 0.15) is 35.9 Å². The molecule has 1 aliphatic rings. The predicted molar refractivity (Wildman–Crippen MR) is 94.9 cm³/mol. The summed E-state index contributed by atoms with van der Waals surface area (Å²) in [7, 11) is 0. The number of likely N-dealkylation sites (tertiary alicyclic amines) is 1. The minimum absolute atomic E-state index is 0.0412. The number of amides is 1. The maximum atomic E-state index is 12.9. The molecule has 132 valence electrons. The zero-order valence-corrected chi connectivity index (χ0v) is 14.6. The zero-order valence-electron chi connectivity index (χ0n) is 14.6. The van der Waals surface area contributed by atoms with Gasteiger partial charge in [-0.3, -0.25) is 9.59 Å². The highest BCUT2D eigenvalue weighted by Gasteiger charge is 2.29. The van der Waals surface area contributed by atoms with Gasteiger partial charge in [0.2, 0.25) is 5.43 Å². The van der Waals surface area contributed by atoms with Crippen LogP contribution in [0, 0.1) is 12.8 Å². The Morgan fingerprint density at radius 3 is 2.72 bits per heavy atom. The molecule has 0 saturated carbocycles. The Balaban J connectivity index is 1.94. The Labute approximate surface area is 146 Å². The number of aliphatic hydroxyl groups is 1. The quantitative estimate of drug-likeness (QED) is 0.923. The molecule has 1 fully saturated rings. The summed E-state index contributed by atoms with van der Waals surface area (Å²) in [5.74, 6) is -0.320. The van der Waals surface area contributed by atoms with Crippen molar-refractivity contribution in [2.75, 3.05) is 13.1 Å². The normalized spacial score (nSPS) is 18.8. The number of nitrogens with zero attached hydrogens (tertiary/aromatic N) is 3. The first-order valence-corrected chi connectivity index (χ1v) is 8.61. The molecule has 0 aliphatic carbocycles. The zero-order chi connectivity index (χ0) is 18.0. The van der Waals surface area contributed by atoms with Crippen LogP contribution in [0.5, 0.6) is 0 Å². The third kappa shape index (κ3) is 3.64. The van der Waals surface area contributed by atoms with Crippen LogP contribution < -0.4 is 5.43 Å². The van der Waals surface area contributed by atoms with E-state index in [4.69, 9.17) is 0 Å². The summed E-state index contributed by atoms with van der Waals surface area (Å²) < 4.78 is 1.62. The van der Waals surface area contributed by atoms with Crippen LogP contribution in [0.3, 0.4) is 0 Å². The van der Waals surface area contributed by atoms with E-state index in [1.54, 1.807) is 23.4 Å². The number of hydrogen-bond acceptors (Lipinski definition) is 4. The molecule has 1 aromatic carbocycles. The second-order valence-corrected chi connectivity index (χ2v) is 6.64. The van der Waals surface area contributed by atoms with Gasteiger partial charge in [-0.2, -0.15) is 5.10 Å². The Morgan fingerprint density at radius 1 is 1.32 bits per heavy atom. The van der Waals surface area contributed by atoms with Gasteiger partial charge >= 0.3 is 0 Å². The first kappa shape index (κ1) is 17.4. The SMILES string of the molecule is Cc1cc(=O)c(C(=O)N2CCCC(C(C)O)C2)nn1-c1ccccc1. The van der Waals surface area contributed by atoms with Crippen molar-refractivity contribution in [1.29, 1.82) is 0 Å². The van der Waals surface area contributed by atoms with E-state index < -0.39 is 6.10 Å². The summed E-state index contributed by atoms with van der Waals surface area (Å²) in [5.41, 5.74) is 1.04. The van der Waals surface area contributed by atoms with Gasteiger partial charge in [0.1, 0.15) is 0 Å². The van der Waals surface area contributed by atoms with Gasteiger partial charge in [-0.15, -0.1) is 0 Å². The Morgan fingerprint density at radius 2 is 2.04 bits per heavy atom. The maximum absolute atomic E-state index is 12.9. The third-order valence-electron chi connectivity index (χ3n) is 4.74. The number of carbonyl (C=O) groups is 1. The lowest BCUT2D eigenvalue weighted by Crippen LogP contribution is -2.44. The summed E-state index contributed by atoms with van der Waals surface area (Å²) in [6.45, 7) is 4.57. The number of rotatable bonds is 3. The molecule has 2 unspecified atom stereocenters. The minimum atomic E-state index is -0.470. The van der Waals surface area contributed by atoms with Crippen molar-refractivity contribution in [2.45, 2.75) is 32.8 Å². The molecule has 2 atom stereocenters. The van der Waals surface area contributed by atoms with E-state index in [0.717, 1.165) is 18.5 Å². The lowest BCUT2D eigenvalue weighted by molar-refractivity contribution is 0.0459. The molecule has 2 heterocycles. The van der Waals surface area contributed by atoms with Crippen molar-refractivity contribution in [3.63, 3.8) is 0 Å². The molecule has 1 aromatic heterocycles. The second kappa shape index (κ2) is 7.19. The highest BCUT2D eigenvalue weighted by Crippen LogP contribution is 2.20. The van der Waals surface area contributed by atoms with Gasteiger partial charge in [-0.25, -0.2) is 4.68 Å². The van der Waals surface area contributed by atoms with Gasteiger partial charge in [-0.05, 0) is 38.8 Å². The van der Waals surface area contributed by atoms with Gasteiger partial charge in [0.15, 0.2) is 5.69 Å². The monoisotopic (exact) mass is 341 g/mol. The molecule has 25 heavy (non-hydrogen) atoms. The summed E-state index contributed by atoms with van der Waals surface area (Å²) in [6.07, 6.45) is 1.24. The maximum Gasteiger partial charge on any atom is 0.278 e. The summed E-state index contributed by atoms with van der Waals surface area (Å²) in [6, 6.07) is 10.9. The number of para-hydroxylation sites is 1. The van der Waals surface area contributed by atoms with Crippen molar-refractivity contribution in [3.8, 4) is 5.69 Å². The molecule has 1 amide bonds. The van der Waals surface area contributed by atoms with Crippen molar-refractivity contribution in [1.82, 2.24) is 14.7 Å². The largest absolute Gasteiger partial charge is 0.393 e. The molecule has 3 rings (SSSR count). The minimum Gasteiger partial charge on any atom is -0.393 e. The van der Waals surface area contributed by atoms with Crippen molar-refractivity contribution in [2.24, 2.45) is 5.92 Å². The number of aromatic nitrogens is 2. The molecule has 0 spiro atoms. The molecule has 1 aliphatic heterocycles. The molecule has 0 bridgehead atoms. The highest BCUT2D eigenvalue weighted by atomic mass is 16.3. The van der Waals surface area contributed by atoms with E-state index in [-0.39, 0.29) is 22.9 Å². The standard InChI is InChI=1S/C19H23N3O3/c1-13-11-17(24)18(20-22(13)16-8-4-3-5-9-16)19(25)21-10-6-7-15(12-21)14(2)23/h3-5,8-9,11,14-15,23H,6-7,10,12H2,1-2H3. The van der Waals surface area contributed by atoms with E-state index in [1.807, 2.05) is 30.3 Å². The van der Waals surface area contributed by atoms with E-state index >= 15 is 0 Å². The van der Waals surface area contributed by atoms with Crippen LogP contribution in [0.25, 0.3) is 5.69 Å². The fourth-order valence-electron chi connectivity index (χ4n) is 3.26. The molecule has 1 N–H and O–H groups in total. The van der Waals surface area contributed by atoms with Crippen LogP contribution in [0.15, 0.2) is 41.2 Å². The average molecular weight is 341 g/mol. The van der Waals surface area contributed by atoms with E-state index in [0.29, 0.717) is 18.8 Å². The molecule has 6 nitrogen and oxygen atoms in total. The topological polar surface area (TPSA) is 75.4 Å². The molecule has 6 heteroatoms. The van der Waals surface area contributed by atoms with Crippen molar-refractivity contribution < 1.29 is 9.90 Å². The van der Waals surface area contributed by atoms with Crippen molar-refractivity contribution >= 4 is 5.91 Å². The van der Waals surface area contributed by atoms with Crippen LogP contribution >= 0.6 is 0 Å². The second-order valence-electron chi connectivity index (χ2n) is 6.64. The Bertz CT molecular complexity index is 814. The van der Waals surface area contributed by atoms with E-state index in [2.05, 4.69) is 5.10 Å². The highest BCUT2D eigenvalue weighted by molar-refractivity contribution is 5.92. The third-order valence-corrected chi connectivity index (χ3v) is 4.74. The summed E-state index contributed by atoms with van der Waals surface area (Å²) in [5, 5.41) is 14.1. The number of aliphatic hydroxyl groups excluding tert-OH is 1. The van der Waals surface area contributed by atoms with E-state index in [1.165, 1.54) is 6.07 Å². The van der Waals surface area contributed by atoms with Crippen LogP contribution in [-0.2, 0) is 0 Å². The van der Waals surface area contributed by atoms with Gasteiger partial charge in [0.25, 0.3) is 5.91 Å². The number of piperidine rings is 1. The van der Waals surface area contributed by atoms with Crippen LogP contribution in [0.4, 0.5) is 0 Å². The molecule has 2 aromatic rings. The first-order chi connectivity index (χ1) is 12.0. The summed E-state index contributed by atoms with van der Waals surface area (Å²) in [4.78, 5) is 26.8. The first-order valence-electron chi connectivity index (χ1n) is 8.61. The Kier molecular flexibility index (Phi) is 4.99. The van der Waals surface area contributed by atoms with Crippen LogP contribution in [0.2, 0.25) is 0 Å². The predicted octanol–water partition coefficient (Wildman–Crippen LogP) is 1.77. The molecular weight excluding hydrogens is 318 g/mol. The summed E-state index contributed by atoms with van der Waals surface area (Å²) >= 11 is 0.